The van der Waals surface area contributed by atoms with Crippen LogP contribution in [-0.4, -0.2) is 19.2 Å². The molecule has 104 valence electrons. The molecule has 0 saturated heterocycles. The summed E-state index contributed by atoms with van der Waals surface area (Å²) >= 11 is 2.37. The quantitative estimate of drug-likeness (QED) is 0.465. The van der Waals surface area contributed by atoms with Gasteiger partial charge in [-0.05, 0) is 59.8 Å². The molecule has 4 nitrogen and oxygen atoms in total. The highest BCUT2D eigenvalue weighted by Gasteiger charge is 2.10. The van der Waals surface area contributed by atoms with Gasteiger partial charge in [0.2, 0.25) is 0 Å². The molecule has 3 aromatic heterocycles. The molecule has 21 heavy (non-hydrogen) atoms. The minimum absolute atomic E-state index is 0.769. The monoisotopic (exact) mass is 388 g/mol. The number of aryl methyl sites for hydroxylation is 2. The number of nitrogens with zero attached hydrogens (tertiary/aromatic N) is 4. The third kappa shape index (κ3) is 1.95. The molecular formula is C16H13IN4. The summed E-state index contributed by atoms with van der Waals surface area (Å²) < 4.78 is 5.27. The van der Waals surface area contributed by atoms with Gasteiger partial charge in [0.25, 0.3) is 0 Å². The van der Waals surface area contributed by atoms with Gasteiger partial charge in [0.05, 0.1) is 0 Å². The average Bonchev–Trinajstić information content (AvgIpc) is 3.02. The van der Waals surface area contributed by atoms with Crippen molar-refractivity contribution in [1.82, 2.24) is 19.2 Å². The summed E-state index contributed by atoms with van der Waals surface area (Å²) in [6, 6.07) is 12.4. The van der Waals surface area contributed by atoms with Gasteiger partial charge in [-0.15, -0.1) is 5.10 Å². The summed E-state index contributed by atoms with van der Waals surface area (Å²) in [5.41, 5.74) is 4.24. The molecule has 0 radical (unpaired) electrons. The fourth-order valence-electron chi connectivity index (χ4n) is 2.64. The molecule has 0 N–H and O–H groups in total. The first-order valence-corrected chi connectivity index (χ1v) is 7.79. The number of fused-ring (bicyclic) bond motifs is 2. The molecule has 4 rings (SSSR count). The van der Waals surface area contributed by atoms with Crippen LogP contribution >= 0.6 is 22.6 Å². The Hall–Kier alpha value is -1.89. The Bertz CT molecular complexity index is 981. The third-order valence-corrected chi connectivity index (χ3v) is 4.61. The van der Waals surface area contributed by atoms with Crippen LogP contribution < -0.4 is 0 Å². The lowest BCUT2D eigenvalue weighted by atomic mass is 10.1. The van der Waals surface area contributed by atoms with Crippen molar-refractivity contribution >= 4 is 39.1 Å². The van der Waals surface area contributed by atoms with Crippen molar-refractivity contribution in [3.05, 3.63) is 51.9 Å². The molecule has 0 amide bonds. The van der Waals surface area contributed by atoms with Crippen LogP contribution in [0.1, 0.15) is 5.69 Å². The summed E-state index contributed by atoms with van der Waals surface area (Å²) in [6.07, 6.45) is 2.14. The van der Waals surface area contributed by atoms with Gasteiger partial charge in [-0.1, -0.05) is 6.07 Å². The highest BCUT2D eigenvalue weighted by Crippen LogP contribution is 2.27. The largest absolute Gasteiger partial charge is 0.349 e. The number of benzene rings is 1. The van der Waals surface area contributed by atoms with Gasteiger partial charge < -0.3 is 4.57 Å². The summed E-state index contributed by atoms with van der Waals surface area (Å²) in [5, 5.41) is 5.86. The number of aromatic nitrogens is 4. The molecule has 0 spiro atoms. The summed E-state index contributed by atoms with van der Waals surface area (Å²) in [6.45, 7) is 2.04. The van der Waals surface area contributed by atoms with Crippen LogP contribution in [-0.2, 0) is 7.05 Å². The van der Waals surface area contributed by atoms with Crippen LogP contribution in [0.4, 0.5) is 0 Å². The van der Waals surface area contributed by atoms with Crippen LogP contribution in [0.3, 0.4) is 0 Å². The van der Waals surface area contributed by atoms with Crippen LogP contribution in [0.5, 0.6) is 0 Å². The zero-order chi connectivity index (χ0) is 14.6. The van der Waals surface area contributed by atoms with Crippen molar-refractivity contribution in [2.24, 2.45) is 7.05 Å². The molecule has 0 aliphatic heterocycles. The van der Waals surface area contributed by atoms with Crippen LogP contribution in [0.15, 0.2) is 42.6 Å². The smallest absolute Gasteiger partial charge is 0.182 e. The third-order valence-electron chi connectivity index (χ3n) is 3.75. The Morgan fingerprint density at radius 1 is 1.14 bits per heavy atom. The fourth-order valence-corrected chi connectivity index (χ4v) is 3.49. The van der Waals surface area contributed by atoms with E-state index in [0.717, 1.165) is 22.7 Å². The van der Waals surface area contributed by atoms with Crippen LogP contribution in [0.25, 0.3) is 27.9 Å². The van der Waals surface area contributed by atoms with Gasteiger partial charge in [0.15, 0.2) is 11.5 Å². The van der Waals surface area contributed by atoms with Gasteiger partial charge in [0.1, 0.15) is 0 Å². The van der Waals surface area contributed by atoms with Gasteiger partial charge in [-0.3, -0.25) is 0 Å². The SMILES string of the molecule is Cc1cccc2nc(-c3ccc4c(c3)c(I)cn4C)nn12. The first kappa shape index (κ1) is 12.8. The van der Waals surface area contributed by atoms with Gasteiger partial charge >= 0.3 is 0 Å². The Balaban J connectivity index is 1.95. The van der Waals surface area contributed by atoms with E-state index in [1.54, 1.807) is 0 Å². The maximum Gasteiger partial charge on any atom is 0.182 e. The van der Waals surface area contributed by atoms with E-state index in [9.17, 15) is 0 Å². The van der Waals surface area contributed by atoms with Crippen molar-refractivity contribution < 1.29 is 0 Å². The molecule has 0 fully saturated rings. The molecular weight excluding hydrogens is 375 g/mol. The Labute approximate surface area is 135 Å². The lowest BCUT2D eigenvalue weighted by Crippen LogP contribution is -1.91. The van der Waals surface area contributed by atoms with E-state index >= 15 is 0 Å². The highest BCUT2D eigenvalue weighted by molar-refractivity contribution is 14.1. The van der Waals surface area contributed by atoms with Gasteiger partial charge in [-0.2, -0.15) is 0 Å². The minimum atomic E-state index is 0.769. The zero-order valence-corrected chi connectivity index (χ0v) is 13.9. The van der Waals surface area contributed by atoms with Crippen molar-refractivity contribution in [3.8, 4) is 11.4 Å². The van der Waals surface area contributed by atoms with E-state index in [2.05, 4.69) is 68.7 Å². The van der Waals surface area contributed by atoms with Crippen molar-refractivity contribution in [2.45, 2.75) is 6.92 Å². The molecule has 0 saturated carbocycles. The molecule has 0 aliphatic rings. The van der Waals surface area contributed by atoms with E-state index in [0.29, 0.717) is 0 Å². The Morgan fingerprint density at radius 2 is 2.00 bits per heavy atom. The molecule has 3 heterocycles. The minimum Gasteiger partial charge on any atom is -0.349 e. The maximum absolute atomic E-state index is 4.63. The maximum atomic E-state index is 4.63. The van der Waals surface area contributed by atoms with Crippen molar-refractivity contribution in [2.75, 3.05) is 0 Å². The topological polar surface area (TPSA) is 35.1 Å². The number of pyridine rings is 1. The second-order valence-electron chi connectivity index (χ2n) is 5.19. The number of hydrogen-bond acceptors (Lipinski definition) is 2. The van der Waals surface area contributed by atoms with E-state index in [1.807, 2.05) is 29.6 Å². The molecule has 0 aliphatic carbocycles. The summed E-state index contributed by atoms with van der Waals surface area (Å²) in [4.78, 5) is 4.63. The zero-order valence-electron chi connectivity index (χ0n) is 11.7. The Morgan fingerprint density at radius 3 is 2.81 bits per heavy atom. The van der Waals surface area contributed by atoms with Crippen LogP contribution in [0, 0.1) is 10.5 Å². The fraction of sp³-hybridized carbons (Fsp3) is 0.125. The van der Waals surface area contributed by atoms with Crippen LogP contribution in [0.2, 0.25) is 0 Å². The van der Waals surface area contributed by atoms with E-state index in [4.69, 9.17) is 0 Å². The molecule has 0 unspecified atom stereocenters. The van der Waals surface area contributed by atoms with E-state index in [-0.39, 0.29) is 0 Å². The molecule has 0 atom stereocenters. The Kier molecular flexibility index (Phi) is 2.78. The molecule has 4 aromatic rings. The second-order valence-corrected chi connectivity index (χ2v) is 6.35. The molecule has 1 aromatic carbocycles. The predicted molar refractivity (Wildman–Crippen MR) is 92.4 cm³/mol. The lowest BCUT2D eigenvalue weighted by molar-refractivity contribution is 0.918. The van der Waals surface area contributed by atoms with Crippen molar-refractivity contribution in [1.29, 1.82) is 0 Å². The molecule has 0 bridgehead atoms. The normalized spacial score (nSPS) is 11.6. The lowest BCUT2D eigenvalue weighted by Gasteiger charge is -1.99. The predicted octanol–water partition coefficient (Wildman–Crippen LogP) is 3.80. The first-order chi connectivity index (χ1) is 10.1. The number of halogens is 1. The number of hydrogen-bond donors (Lipinski definition) is 0. The summed E-state index contributed by atoms with van der Waals surface area (Å²) in [7, 11) is 2.07. The number of rotatable bonds is 1. The van der Waals surface area contributed by atoms with E-state index in [1.165, 1.54) is 14.5 Å². The van der Waals surface area contributed by atoms with Crippen molar-refractivity contribution in [3.63, 3.8) is 0 Å². The first-order valence-electron chi connectivity index (χ1n) is 6.71. The summed E-state index contributed by atoms with van der Waals surface area (Å²) in [5.74, 6) is 0.769. The van der Waals surface area contributed by atoms with Gasteiger partial charge in [0, 0.05) is 39.0 Å². The standard InChI is InChI=1S/C16H13IN4/c1-10-4-3-5-15-18-16(19-21(10)15)11-6-7-14-12(8-11)13(17)9-20(14)2/h3-9H,1-2H3. The van der Waals surface area contributed by atoms with E-state index < -0.39 is 0 Å². The van der Waals surface area contributed by atoms with Gasteiger partial charge in [-0.25, -0.2) is 9.50 Å². The average molecular weight is 388 g/mol. The second kappa shape index (κ2) is 4.56. The molecule has 5 heteroatoms. The highest BCUT2D eigenvalue weighted by atomic mass is 127.